The maximum Gasteiger partial charge on any atom is 0.255 e. The van der Waals surface area contributed by atoms with Gasteiger partial charge in [-0.05, 0) is 48.0 Å². The Morgan fingerprint density at radius 2 is 1.83 bits per heavy atom. The van der Waals surface area contributed by atoms with Gasteiger partial charge in [-0.25, -0.2) is 13.8 Å². The predicted octanol–water partition coefficient (Wildman–Crippen LogP) is 1.14. The zero-order chi connectivity index (χ0) is 21.7. The number of amides is 2. The van der Waals surface area contributed by atoms with Crippen molar-refractivity contribution in [2.24, 2.45) is 5.10 Å². The van der Waals surface area contributed by atoms with Crippen LogP contribution < -0.4 is 20.2 Å². The Bertz CT molecular complexity index is 1080. The zero-order valence-electron chi connectivity index (χ0n) is 16.3. The first-order valence-corrected chi connectivity index (χ1v) is 10.3. The van der Waals surface area contributed by atoms with Gasteiger partial charge in [0.25, 0.3) is 5.91 Å². The van der Waals surface area contributed by atoms with E-state index in [0.29, 0.717) is 22.7 Å². The van der Waals surface area contributed by atoms with Crippen LogP contribution >= 0.6 is 0 Å². The first-order chi connectivity index (χ1) is 14.3. The molecule has 158 valence electrons. The van der Waals surface area contributed by atoms with Crippen molar-refractivity contribution in [3.63, 3.8) is 0 Å². The Labute approximate surface area is 173 Å². The van der Waals surface area contributed by atoms with Crippen molar-refractivity contribution < 1.29 is 27.5 Å². The van der Waals surface area contributed by atoms with Crippen molar-refractivity contribution in [1.29, 1.82) is 0 Å². The van der Waals surface area contributed by atoms with Crippen molar-refractivity contribution in [1.82, 2.24) is 9.73 Å². The molecule has 3 rings (SSSR count). The lowest BCUT2D eigenvalue weighted by atomic mass is 10.2. The third kappa shape index (κ3) is 5.13. The van der Waals surface area contributed by atoms with Crippen LogP contribution in [0.4, 0.5) is 5.69 Å². The van der Waals surface area contributed by atoms with Gasteiger partial charge < -0.3 is 14.8 Å². The molecule has 0 saturated heterocycles. The predicted molar refractivity (Wildman–Crippen MR) is 109 cm³/mol. The van der Waals surface area contributed by atoms with E-state index in [0.717, 1.165) is 4.31 Å². The Kier molecular flexibility index (Phi) is 6.33. The number of carbonyl (C=O) groups excluding carboxylic acids is 2. The monoisotopic (exact) mass is 432 g/mol. The van der Waals surface area contributed by atoms with E-state index in [2.05, 4.69) is 15.8 Å². The molecule has 2 amide bonds. The van der Waals surface area contributed by atoms with Crippen LogP contribution in [0.5, 0.6) is 11.5 Å². The third-order valence-electron chi connectivity index (χ3n) is 4.05. The van der Waals surface area contributed by atoms with Crippen LogP contribution in [0.1, 0.15) is 12.5 Å². The molecule has 1 heterocycles. The van der Waals surface area contributed by atoms with Gasteiger partial charge in [0, 0.05) is 19.7 Å². The highest BCUT2D eigenvalue weighted by Crippen LogP contribution is 2.31. The van der Waals surface area contributed by atoms with Crippen molar-refractivity contribution in [3.8, 4) is 11.5 Å². The number of carbonyl (C=O) groups is 2. The summed E-state index contributed by atoms with van der Waals surface area (Å²) in [6, 6.07) is 10.8. The maximum atomic E-state index is 12.6. The van der Waals surface area contributed by atoms with Gasteiger partial charge in [-0.3, -0.25) is 9.59 Å². The molecule has 11 heteroatoms. The normalized spacial score (nSPS) is 12.9. The molecule has 0 fully saturated rings. The second-order valence-corrected chi connectivity index (χ2v) is 8.42. The van der Waals surface area contributed by atoms with E-state index in [-0.39, 0.29) is 17.6 Å². The minimum atomic E-state index is -3.89. The zero-order valence-corrected chi connectivity index (χ0v) is 17.1. The fourth-order valence-corrected chi connectivity index (χ4v) is 3.72. The van der Waals surface area contributed by atoms with Crippen molar-refractivity contribution >= 4 is 33.7 Å². The van der Waals surface area contributed by atoms with Gasteiger partial charge in [0.05, 0.1) is 17.7 Å². The SMILES string of the molecule is CC(=O)Nc1ccc(S(=O)(=O)N(C)CC(=O)N/N=C/c2ccc3c(c2)OCO3)cc1. The lowest BCUT2D eigenvalue weighted by Crippen LogP contribution is -2.36. The summed E-state index contributed by atoms with van der Waals surface area (Å²) in [7, 11) is -2.60. The molecular formula is C19H20N4O6S. The fraction of sp³-hybridized carbons (Fsp3) is 0.211. The topological polar surface area (TPSA) is 126 Å². The average Bonchev–Trinajstić information content (AvgIpc) is 3.15. The molecular weight excluding hydrogens is 412 g/mol. The lowest BCUT2D eigenvalue weighted by molar-refractivity contribution is -0.121. The average molecular weight is 432 g/mol. The smallest absolute Gasteiger partial charge is 0.255 e. The summed E-state index contributed by atoms with van der Waals surface area (Å²) < 4.78 is 36.6. The van der Waals surface area contributed by atoms with Gasteiger partial charge >= 0.3 is 0 Å². The summed E-state index contributed by atoms with van der Waals surface area (Å²) >= 11 is 0. The number of anilines is 1. The van der Waals surface area contributed by atoms with Crippen LogP contribution in [-0.2, 0) is 19.6 Å². The number of nitrogens with zero attached hydrogens (tertiary/aromatic N) is 2. The number of ether oxygens (including phenoxy) is 2. The molecule has 0 aromatic heterocycles. The molecule has 0 spiro atoms. The van der Waals surface area contributed by atoms with Crippen LogP contribution in [0.15, 0.2) is 52.5 Å². The quantitative estimate of drug-likeness (QED) is 0.499. The molecule has 0 saturated carbocycles. The summed E-state index contributed by atoms with van der Waals surface area (Å²) in [5.74, 6) is 0.349. The van der Waals surface area contributed by atoms with E-state index in [9.17, 15) is 18.0 Å². The standard InChI is InChI=1S/C19H20N4O6S/c1-13(24)21-15-4-6-16(7-5-15)30(26,27)23(2)11-19(25)22-20-10-14-3-8-17-18(9-14)29-12-28-17/h3-10H,11-12H2,1-2H3,(H,21,24)(H,22,25)/b20-10+. The Morgan fingerprint density at radius 3 is 2.53 bits per heavy atom. The van der Waals surface area contributed by atoms with Crippen LogP contribution in [0.25, 0.3) is 0 Å². The number of hydrogen-bond acceptors (Lipinski definition) is 7. The van der Waals surface area contributed by atoms with Crippen LogP contribution in [0.2, 0.25) is 0 Å². The van der Waals surface area contributed by atoms with E-state index in [1.54, 1.807) is 18.2 Å². The first kappa shape index (κ1) is 21.3. The number of hydrazone groups is 1. The van der Waals surface area contributed by atoms with E-state index < -0.39 is 22.5 Å². The Balaban J connectivity index is 1.57. The fourth-order valence-electron chi connectivity index (χ4n) is 2.59. The van der Waals surface area contributed by atoms with Crippen LogP contribution in [0, 0.1) is 0 Å². The number of hydrogen-bond donors (Lipinski definition) is 2. The van der Waals surface area contributed by atoms with Gasteiger partial charge in [-0.2, -0.15) is 9.41 Å². The first-order valence-electron chi connectivity index (χ1n) is 8.81. The molecule has 0 aliphatic carbocycles. The number of rotatable bonds is 7. The molecule has 1 aliphatic rings. The molecule has 2 aromatic carbocycles. The van der Waals surface area contributed by atoms with Crippen molar-refractivity contribution in [3.05, 3.63) is 48.0 Å². The van der Waals surface area contributed by atoms with E-state index in [4.69, 9.17) is 9.47 Å². The number of fused-ring (bicyclic) bond motifs is 1. The van der Waals surface area contributed by atoms with E-state index >= 15 is 0 Å². The summed E-state index contributed by atoms with van der Waals surface area (Å²) in [6.07, 6.45) is 1.41. The molecule has 0 atom stereocenters. The molecule has 10 nitrogen and oxygen atoms in total. The van der Waals surface area contributed by atoms with Gasteiger partial charge in [-0.1, -0.05) is 0 Å². The highest BCUT2D eigenvalue weighted by molar-refractivity contribution is 7.89. The molecule has 1 aliphatic heterocycles. The van der Waals surface area contributed by atoms with E-state index in [1.807, 2.05) is 0 Å². The summed E-state index contributed by atoms with van der Waals surface area (Å²) in [5.41, 5.74) is 3.44. The van der Waals surface area contributed by atoms with Gasteiger partial charge in [0.15, 0.2) is 11.5 Å². The van der Waals surface area contributed by atoms with Gasteiger partial charge in [-0.15, -0.1) is 0 Å². The highest BCUT2D eigenvalue weighted by Gasteiger charge is 2.23. The second kappa shape index (κ2) is 8.93. The summed E-state index contributed by atoms with van der Waals surface area (Å²) in [4.78, 5) is 23.1. The molecule has 0 bridgehead atoms. The van der Waals surface area contributed by atoms with Crippen molar-refractivity contribution in [2.75, 3.05) is 25.7 Å². The number of sulfonamides is 1. The molecule has 30 heavy (non-hydrogen) atoms. The second-order valence-electron chi connectivity index (χ2n) is 6.37. The summed E-state index contributed by atoms with van der Waals surface area (Å²) in [5, 5.41) is 6.38. The Hall–Kier alpha value is -3.44. The number of likely N-dealkylation sites (N-methyl/N-ethyl adjacent to an activating group) is 1. The van der Waals surface area contributed by atoms with E-state index in [1.165, 1.54) is 44.5 Å². The minimum Gasteiger partial charge on any atom is -0.454 e. The summed E-state index contributed by atoms with van der Waals surface area (Å²) in [6.45, 7) is 1.09. The van der Waals surface area contributed by atoms with Crippen LogP contribution in [-0.4, -0.2) is 51.1 Å². The van der Waals surface area contributed by atoms with Gasteiger partial charge in [0.2, 0.25) is 22.7 Å². The number of nitrogens with one attached hydrogen (secondary N) is 2. The molecule has 0 unspecified atom stereocenters. The minimum absolute atomic E-state index is 0.00392. The largest absolute Gasteiger partial charge is 0.454 e. The lowest BCUT2D eigenvalue weighted by Gasteiger charge is -2.16. The molecule has 0 radical (unpaired) electrons. The highest BCUT2D eigenvalue weighted by atomic mass is 32.2. The van der Waals surface area contributed by atoms with Crippen LogP contribution in [0.3, 0.4) is 0 Å². The van der Waals surface area contributed by atoms with Crippen molar-refractivity contribution in [2.45, 2.75) is 11.8 Å². The third-order valence-corrected chi connectivity index (χ3v) is 5.87. The van der Waals surface area contributed by atoms with Gasteiger partial charge in [0.1, 0.15) is 0 Å². The molecule has 2 aromatic rings. The molecule has 2 N–H and O–H groups in total. The number of benzene rings is 2. The Morgan fingerprint density at radius 1 is 1.13 bits per heavy atom. The maximum absolute atomic E-state index is 12.6.